The van der Waals surface area contributed by atoms with Crippen LogP contribution < -0.4 is 4.72 Å². The van der Waals surface area contributed by atoms with Gasteiger partial charge in [-0.25, -0.2) is 13.1 Å². The Labute approximate surface area is 121 Å². The van der Waals surface area contributed by atoms with Gasteiger partial charge in [-0.15, -0.1) is 0 Å². The summed E-state index contributed by atoms with van der Waals surface area (Å²) < 4.78 is 24.3. The molecule has 0 aliphatic carbocycles. The molecule has 5 nitrogen and oxygen atoms in total. The van der Waals surface area contributed by atoms with Gasteiger partial charge in [-0.3, -0.25) is 4.79 Å². The molecule has 0 bridgehead atoms. The zero-order chi connectivity index (χ0) is 15.0. The van der Waals surface area contributed by atoms with Gasteiger partial charge < -0.3 is 4.90 Å². The van der Waals surface area contributed by atoms with Crippen LogP contribution in [0.2, 0.25) is 0 Å². The summed E-state index contributed by atoms with van der Waals surface area (Å²) in [5.74, 6) is -0.0339. The zero-order valence-corrected chi connectivity index (χ0v) is 12.8. The molecule has 0 heterocycles. The van der Waals surface area contributed by atoms with Crippen molar-refractivity contribution in [1.29, 1.82) is 0 Å². The van der Waals surface area contributed by atoms with E-state index in [1.165, 1.54) is 12.5 Å². The topological polar surface area (TPSA) is 66.5 Å². The number of hydrogen-bond donors (Lipinski definition) is 1. The van der Waals surface area contributed by atoms with Crippen LogP contribution in [-0.2, 0) is 21.2 Å². The summed E-state index contributed by atoms with van der Waals surface area (Å²) in [5.41, 5.74) is 1.24. The highest BCUT2D eigenvalue weighted by molar-refractivity contribution is 7.88. The lowest BCUT2D eigenvalue weighted by Gasteiger charge is -2.21. The first-order valence-corrected chi connectivity index (χ1v) is 8.52. The van der Waals surface area contributed by atoms with Gasteiger partial charge in [-0.1, -0.05) is 30.3 Å². The molecule has 0 aromatic heterocycles. The van der Waals surface area contributed by atoms with Crippen LogP contribution in [0.15, 0.2) is 30.3 Å². The van der Waals surface area contributed by atoms with Crippen molar-refractivity contribution in [2.45, 2.75) is 19.8 Å². The Morgan fingerprint density at radius 1 is 1.20 bits per heavy atom. The third-order valence-electron chi connectivity index (χ3n) is 2.93. The molecule has 6 heteroatoms. The molecule has 0 aliphatic rings. The lowest BCUT2D eigenvalue weighted by molar-refractivity contribution is -0.128. The fraction of sp³-hybridized carbons (Fsp3) is 0.500. The van der Waals surface area contributed by atoms with Crippen LogP contribution in [-0.4, -0.2) is 45.1 Å². The van der Waals surface area contributed by atoms with Crippen molar-refractivity contribution < 1.29 is 13.2 Å². The highest BCUT2D eigenvalue weighted by Crippen LogP contribution is 2.03. The average molecular weight is 298 g/mol. The number of carbonyl (C=O) groups is 1. The van der Waals surface area contributed by atoms with E-state index in [1.54, 1.807) is 4.90 Å². The molecule has 0 saturated heterocycles. The first-order valence-electron chi connectivity index (χ1n) is 6.62. The summed E-state index contributed by atoms with van der Waals surface area (Å²) in [6, 6.07) is 10.1. The molecule has 0 fully saturated rings. The molecule has 0 aliphatic heterocycles. The van der Waals surface area contributed by atoms with Crippen molar-refractivity contribution in [3.8, 4) is 0 Å². The maximum absolute atomic E-state index is 11.5. The molecule has 20 heavy (non-hydrogen) atoms. The van der Waals surface area contributed by atoms with Crippen molar-refractivity contribution >= 4 is 15.9 Å². The molecular weight excluding hydrogens is 276 g/mol. The van der Waals surface area contributed by atoms with E-state index in [2.05, 4.69) is 16.9 Å². The van der Waals surface area contributed by atoms with Gasteiger partial charge in [0.1, 0.15) is 0 Å². The molecule has 112 valence electrons. The number of nitrogens with one attached hydrogen (secondary N) is 1. The number of sulfonamides is 1. The van der Waals surface area contributed by atoms with E-state index in [4.69, 9.17) is 0 Å². The van der Waals surface area contributed by atoms with E-state index in [9.17, 15) is 13.2 Å². The van der Waals surface area contributed by atoms with Crippen LogP contribution in [0.5, 0.6) is 0 Å². The minimum Gasteiger partial charge on any atom is -0.342 e. The minimum atomic E-state index is -3.20. The molecule has 0 saturated carbocycles. The number of hydrogen-bond acceptors (Lipinski definition) is 3. The molecule has 1 rings (SSSR count). The Balaban J connectivity index is 2.34. The fourth-order valence-corrected chi connectivity index (χ4v) is 2.37. The quantitative estimate of drug-likeness (QED) is 0.779. The van der Waals surface area contributed by atoms with E-state index >= 15 is 0 Å². The molecule has 1 aromatic rings. The third kappa shape index (κ3) is 7.25. The van der Waals surface area contributed by atoms with E-state index in [0.29, 0.717) is 13.1 Å². The summed E-state index contributed by atoms with van der Waals surface area (Å²) in [6.45, 7) is 2.79. The van der Waals surface area contributed by atoms with Crippen molar-refractivity contribution in [3.05, 3.63) is 35.9 Å². The number of aryl methyl sites for hydroxylation is 1. The second kappa shape index (κ2) is 8.01. The molecule has 0 spiro atoms. The van der Waals surface area contributed by atoms with Crippen LogP contribution in [0, 0.1) is 0 Å². The lowest BCUT2D eigenvalue weighted by atomic mass is 10.1. The lowest BCUT2D eigenvalue weighted by Crippen LogP contribution is -2.37. The van der Waals surface area contributed by atoms with E-state index in [1.807, 2.05) is 18.2 Å². The summed E-state index contributed by atoms with van der Waals surface area (Å²) >= 11 is 0. The van der Waals surface area contributed by atoms with E-state index in [-0.39, 0.29) is 12.5 Å². The molecule has 0 atom stereocenters. The summed E-state index contributed by atoms with van der Waals surface area (Å²) in [4.78, 5) is 13.2. The number of amides is 1. The van der Waals surface area contributed by atoms with Crippen LogP contribution >= 0.6 is 0 Å². The predicted molar refractivity (Wildman–Crippen MR) is 79.9 cm³/mol. The summed E-state index contributed by atoms with van der Waals surface area (Å²) in [6.07, 6.45) is 2.88. The van der Waals surface area contributed by atoms with Crippen LogP contribution in [0.3, 0.4) is 0 Å². The van der Waals surface area contributed by atoms with E-state index in [0.717, 1.165) is 19.1 Å². The number of rotatable bonds is 8. The van der Waals surface area contributed by atoms with Crippen LogP contribution in [0.1, 0.15) is 18.9 Å². The van der Waals surface area contributed by atoms with Gasteiger partial charge in [0.05, 0.1) is 6.26 Å². The monoisotopic (exact) mass is 298 g/mol. The van der Waals surface area contributed by atoms with Gasteiger partial charge in [0, 0.05) is 26.6 Å². The highest BCUT2D eigenvalue weighted by atomic mass is 32.2. The van der Waals surface area contributed by atoms with Crippen molar-refractivity contribution in [3.63, 3.8) is 0 Å². The van der Waals surface area contributed by atoms with Crippen LogP contribution in [0.25, 0.3) is 0 Å². The summed E-state index contributed by atoms with van der Waals surface area (Å²) in [7, 11) is -3.20. The maximum atomic E-state index is 11.5. The molecule has 1 N–H and O–H groups in total. The first-order chi connectivity index (χ1) is 9.38. The van der Waals surface area contributed by atoms with Gasteiger partial charge in [0.25, 0.3) is 0 Å². The molecule has 1 aromatic carbocycles. The van der Waals surface area contributed by atoms with Crippen LogP contribution in [0.4, 0.5) is 0 Å². The predicted octanol–water partition coefficient (Wildman–Crippen LogP) is 1.02. The molecular formula is C14H22N2O3S. The van der Waals surface area contributed by atoms with Gasteiger partial charge in [0.15, 0.2) is 0 Å². The number of nitrogens with zero attached hydrogens (tertiary/aromatic N) is 1. The van der Waals surface area contributed by atoms with Gasteiger partial charge in [-0.05, 0) is 18.4 Å². The zero-order valence-electron chi connectivity index (χ0n) is 12.0. The Kier molecular flexibility index (Phi) is 6.67. The summed E-state index contributed by atoms with van der Waals surface area (Å²) in [5, 5.41) is 0. The second-order valence-electron chi connectivity index (χ2n) is 4.76. The number of carbonyl (C=O) groups excluding carboxylic acids is 1. The van der Waals surface area contributed by atoms with Crippen molar-refractivity contribution in [1.82, 2.24) is 9.62 Å². The average Bonchev–Trinajstić information content (AvgIpc) is 2.36. The van der Waals surface area contributed by atoms with Gasteiger partial charge in [0.2, 0.25) is 15.9 Å². The fourth-order valence-electron chi connectivity index (χ4n) is 1.91. The third-order valence-corrected chi connectivity index (χ3v) is 3.66. The first kappa shape index (κ1) is 16.7. The molecule has 0 radical (unpaired) electrons. The largest absolute Gasteiger partial charge is 0.342 e. The van der Waals surface area contributed by atoms with Crippen molar-refractivity contribution in [2.75, 3.05) is 25.9 Å². The second-order valence-corrected chi connectivity index (χ2v) is 6.59. The normalized spacial score (nSPS) is 11.3. The standard InChI is InChI=1S/C14H22N2O3S/c1-13(17)16(12-10-15-20(2,18)19)11-6-9-14-7-4-3-5-8-14/h3-5,7-8,15H,6,9-12H2,1-2H3. The smallest absolute Gasteiger partial charge is 0.219 e. The van der Waals surface area contributed by atoms with Gasteiger partial charge >= 0.3 is 0 Å². The number of benzene rings is 1. The maximum Gasteiger partial charge on any atom is 0.219 e. The SMILES string of the molecule is CC(=O)N(CCCc1ccccc1)CCNS(C)(=O)=O. The molecule has 1 amide bonds. The Morgan fingerprint density at radius 3 is 2.40 bits per heavy atom. The highest BCUT2D eigenvalue weighted by Gasteiger charge is 2.09. The Hall–Kier alpha value is -1.40. The Morgan fingerprint density at radius 2 is 1.85 bits per heavy atom. The Bertz CT molecular complexity index is 514. The minimum absolute atomic E-state index is 0.0339. The molecule has 0 unspecified atom stereocenters. The van der Waals surface area contributed by atoms with E-state index < -0.39 is 10.0 Å². The van der Waals surface area contributed by atoms with Crippen molar-refractivity contribution in [2.24, 2.45) is 0 Å². The van der Waals surface area contributed by atoms with Gasteiger partial charge in [-0.2, -0.15) is 0 Å².